The van der Waals surface area contributed by atoms with Crippen molar-refractivity contribution in [1.29, 1.82) is 0 Å². The van der Waals surface area contributed by atoms with E-state index in [-0.39, 0.29) is 10.7 Å². The van der Waals surface area contributed by atoms with Crippen molar-refractivity contribution in [1.82, 2.24) is 5.32 Å². The molecule has 14 heavy (non-hydrogen) atoms. The number of carbonyl (C=O) groups is 1. The molecule has 78 valence electrons. The van der Waals surface area contributed by atoms with E-state index in [9.17, 15) is 4.79 Å². The second-order valence-corrected chi connectivity index (χ2v) is 4.07. The third-order valence-electron chi connectivity index (χ3n) is 1.61. The van der Waals surface area contributed by atoms with Crippen LogP contribution in [0, 0.1) is 0 Å². The van der Waals surface area contributed by atoms with Crippen molar-refractivity contribution in [2.24, 2.45) is 0 Å². The molecule has 1 heterocycles. The second-order valence-electron chi connectivity index (χ2n) is 2.77. The van der Waals surface area contributed by atoms with E-state index in [1.807, 2.05) is 0 Å². The van der Waals surface area contributed by atoms with E-state index in [1.54, 1.807) is 13.2 Å². The molecule has 1 rings (SSSR count). The summed E-state index contributed by atoms with van der Waals surface area (Å²) in [7, 11) is 1.62. The first-order valence-corrected chi connectivity index (χ1v) is 5.09. The van der Waals surface area contributed by atoms with Crippen LogP contribution in [0.2, 0.25) is 0 Å². The van der Waals surface area contributed by atoms with Crippen molar-refractivity contribution >= 4 is 21.8 Å². The molecule has 0 saturated heterocycles. The summed E-state index contributed by atoms with van der Waals surface area (Å²) >= 11 is 3.37. The van der Waals surface area contributed by atoms with Crippen molar-refractivity contribution in [3.05, 3.63) is 24.2 Å². The van der Waals surface area contributed by atoms with Crippen molar-refractivity contribution in [2.75, 3.05) is 20.3 Å². The molecule has 1 N–H and O–H groups in total. The highest BCUT2D eigenvalue weighted by atomic mass is 79.9. The molecule has 1 unspecified atom stereocenters. The number of methoxy groups -OCH3 is 1. The van der Waals surface area contributed by atoms with Crippen LogP contribution in [0.5, 0.6) is 0 Å². The first-order valence-electron chi connectivity index (χ1n) is 4.17. The van der Waals surface area contributed by atoms with Crippen LogP contribution < -0.4 is 5.32 Å². The zero-order valence-corrected chi connectivity index (χ0v) is 9.41. The maximum absolute atomic E-state index is 11.4. The number of carbonyl (C=O) groups excluding carboxylic acids is 1. The number of hydrogen-bond donors (Lipinski definition) is 1. The van der Waals surface area contributed by atoms with Gasteiger partial charge < -0.3 is 14.5 Å². The second kappa shape index (κ2) is 5.82. The smallest absolute Gasteiger partial charge is 0.254 e. The molecule has 0 aliphatic heterocycles. The van der Waals surface area contributed by atoms with Crippen molar-refractivity contribution in [3.8, 4) is 0 Å². The summed E-state index contributed by atoms with van der Waals surface area (Å²) in [5, 5.41) is 2.74. The number of hydrogen-bond acceptors (Lipinski definition) is 3. The minimum Gasteiger partial charge on any atom is -0.472 e. The Labute approximate surface area is 90.7 Å². The lowest BCUT2D eigenvalue weighted by molar-refractivity contribution is 0.0949. The van der Waals surface area contributed by atoms with Gasteiger partial charge in [-0.3, -0.25) is 4.79 Å². The lowest BCUT2D eigenvalue weighted by Crippen LogP contribution is -2.31. The molecule has 0 aliphatic rings. The Hall–Kier alpha value is -0.810. The van der Waals surface area contributed by atoms with Gasteiger partial charge in [-0.2, -0.15) is 0 Å². The fraction of sp³-hybridized carbons (Fsp3) is 0.444. The maximum Gasteiger partial charge on any atom is 0.254 e. The SMILES string of the molecule is COCC(Br)CNC(=O)c1ccoc1. The Morgan fingerprint density at radius 3 is 3.14 bits per heavy atom. The minimum atomic E-state index is -0.140. The fourth-order valence-corrected chi connectivity index (χ4v) is 1.37. The molecule has 0 bridgehead atoms. The molecular formula is C9H12BrNO3. The van der Waals surface area contributed by atoms with Crippen LogP contribution in [0.15, 0.2) is 23.0 Å². The van der Waals surface area contributed by atoms with Gasteiger partial charge in [0.25, 0.3) is 5.91 Å². The van der Waals surface area contributed by atoms with Crippen LogP contribution in [0.25, 0.3) is 0 Å². The van der Waals surface area contributed by atoms with Crippen molar-refractivity contribution in [2.45, 2.75) is 4.83 Å². The first kappa shape index (κ1) is 11.3. The number of nitrogens with one attached hydrogen (secondary N) is 1. The van der Waals surface area contributed by atoms with Crippen LogP contribution in [0.1, 0.15) is 10.4 Å². The summed E-state index contributed by atoms with van der Waals surface area (Å²) < 4.78 is 9.70. The Balaban J connectivity index is 2.28. The van der Waals surface area contributed by atoms with Crippen LogP contribution >= 0.6 is 15.9 Å². The summed E-state index contributed by atoms with van der Waals surface area (Å²) in [5.74, 6) is -0.140. The van der Waals surface area contributed by atoms with Gasteiger partial charge in [0, 0.05) is 13.7 Å². The van der Waals surface area contributed by atoms with Gasteiger partial charge in [-0.25, -0.2) is 0 Å². The first-order chi connectivity index (χ1) is 6.74. The quantitative estimate of drug-likeness (QED) is 0.816. The van der Waals surface area contributed by atoms with E-state index in [0.717, 1.165) is 0 Å². The lowest BCUT2D eigenvalue weighted by Gasteiger charge is -2.08. The molecule has 0 fully saturated rings. The van der Waals surface area contributed by atoms with Gasteiger partial charge in [0.15, 0.2) is 0 Å². The molecule has 1 aromatic rings. The zero-order chi connectivity index (χ0) is 10.4. The minimum absolute atomic E-state index is 0.128. The van der Waals surface area contributed by atoms with Gasteiger partial charge in [0.1, 0.15) is 6.26 Å². The third-order valence-corrected chi connectivity index (χ3v) is 2.20. The van der Waals surface area contributed by atoms with E-state index in [4.69, 9.17) is 9.15 Å². The molecule has 5 heteroatoms. The monoisotopic (exact) mass is 261 g/mol. The predicted octanol–water partition coefficient (Wildman–Crippen LogP) is 1.42. The van der Waals surface area contributed by atoms with E-state index in [0.29, 0.717) is 18.7 Å². The van der Waals surface area contributed by atoms with Crippen LogP contribution in [-0.2, 0) is 4.74 Å². The summed E-state index contributed by atoms with van der Waals surface area (Å²) in [6.45, 7) is 1.09. The predicted molar refractivity (Wildman–Crippen MR) is 55.6 cm³/mol. The molecule has 4 nitrogen and oxygen atoms in total. The molecule has 0 saturated carbocycles. The van der Waals surface area contributed by atoms with Crippen molar-refractivity contribution in [3.63, 3.8) is 0 Å². The Morgan fingerprint density at radius 2 is 2.57 bits per heavy atom. The van der Waals surface area contributed by atoms with Gasteiger partial charge in [0.2, 0.25) is 0 Å². The Bertz CT molecular complexity index is 274. The van der Waals surface area contributed by atoms with Crippen LogP contribution in [-0.4, -0.2) is 31.0 Å². The highest BCUT2D eigenvalue weighted by Gasteiger charge is 2.09. The van der Waals surface area contributed by atoms with Crippen molar-refractivity contribution < 1.29 is 13.9 Å². The third kappa shape index (κ3) is 3.51. The molecule has 1 amide bonds. The summed E-state index contributed by atoms with van der Waals surface area (Å²) in [6.07, 6.45) is 2.88. The molecule has 0 spiro atoms. The standard InChI is InChI=1S/C9H12BrNO3/c1-13-6-8(10)4-11-9(12)7-2-3-14-5-7/h2-3,5,8H,4,6H2,1H3,(H,11,12). The molecule has 0 aliphatic carbocycles. The van der Waals surface area contributed by atoms with Crippen LogP contribution in [0.3, 0.4) is 0 Å². The van der Waals surface area contributed by atoms with Gasteiger partial charge in [0.05, 0.1) is 23.3 Å². The average molecular weight is 262 g/mol. The topological polar surface area (TPSA) is 51.5 Å². The number of furan rings is 1. The fourth-order valence-electron chi connectivity index (χ4n) is 0.939. The number of ether oxygens (including phenoxy) is 1. The van der Waals surface area contributed by atoms with E-state index in [2.05, 4.69) is 21.2 Å². The number of rotatable bonds is 5. The summed E-state index contributed by atoms with van der Waals surface area (Å²) in [4.78, 5) is 11.5. The van der Waals surface area contributed by atoms with E-state index >= 15 is 0 Å². The zero-order valence-electron chi connectivity index (χ0n) is 7.83. The molecule has 0 aromatic carbocycles. The van der Waals surface area contributed by atoms with Gasteiger partial charge in [-0.15, -0.1) is 0 Å². The van der Waals surface area contributed by atoms with E-state index in [1.165, 1.54) is 12.5 Å². The molecule has 1 atom stereocenters. The highest BCUT2D eigenvalue weighted by Crippen LogP contribution is 2.01. The number of alkyl halides is 1. The molecule has 1 aromatic heterocycles. The Morgan fingerprint density at radius 1 is 1.79 bits per heavy atom. The molecular weight excluding hydrogens is 250 g/mol. The summed E-state index contributed by atoms with van der Waals surface area (Å²) in [5.41, 5.74) is 0.530. The van der Waals surface area contributed by atoms with Gasteiger partial charge in [-0.05, 0) is 6.07 Å². The van der Waals surface area contributed by atoms with Crippen LogP contribution in [0.4, 0.5) is 0 Å². The van der Waals surface area contributed by atoms with Gasteiger partial charge >= 0.3 is 0 Å². The highest BCUT2D eigenvalue weighted by molar-refractivity contribution is 9.09. The summed E-state index contributed by atoms with van der Waals surface area (Å²) in [6, 6.07) is 1.62. The van der Waals surface area contributed by atoms with Gasteiger partial charge in [-0.1, -0.05) is 15.9 Å². The largest absolute Gasteiger partial charge is 0.472 e. The Kier molecular flexibility index (Phi) is 4.69. The maximum atomic E-state index is 11.4. The average Bonchev–Trinajstić information content (AvgIpc) is 2.67. The van der Waals surface area contributed by atoms with E-state index < -0.39 is 0 Å². The normalized spacial score (nSPS) is 12.4. The molecule has 0 radical (unpaired) electrons. The number of amides is 1. The lowest BCUT2D eigenvalue weighted by atomic mass is 10.3. The number of halogens is 1.